The first kappa shape index (κ1) is 24.8. The van der Waals surface area contributed by atoms with E-state index in [9.17, 15) is 14.4 Å². The molecule has 7 heteroatoms. The van der Waals surface area contributed by atoms with E-state index < -0.39 is 12.1 Å². The third-order valence-corrected chi connectivity index (χ3v) is 7.12. The number of carboxylic acid groups (broad SMARTS) is 1. The fourth-order valence-corrected chi connectivity index (χ4v) is 5.47. The summed E-state index contributed by atoms with van der Waals surface area (Å²) in [5.74, 6) is -1.27. The van der Waals surface area contributed by atoms with Crippen molar-refractivity contribution in [1.82, 2.24) is 10.6 Å². The number of nitrogens with one attached hydrogen (secondary N) is 2. The summed E-state index contributed by atoms with van der Waals surface area (Å²) in [6.45, 7) is 2.22. The number of hydrogen-bond donors (Lipinski definition) is 3. The van der Waals surface area contributed by atoms with Gasteiger partial charge in [-0.2, -0.15) is 0 Å². The summed E-state index contributed by atoms with van der Waals surface area (Å²) < 4.78 is 5.66. The van der Waals surface area contributed by atoms with Crippen molar-refractivity contribution in [2.75, 3.05) is 6.61 Å². The minimum Gasteiger partial charge on any atom is -0.481 e. The molecule has 2 aliphatic carbocycles. The van der Waals surface area contributed by atoms with E-state index in [-0.39, 0.29) is 42.9 Å². The van der Waals surface area contributed by atoms with Gasteiger partial charge in [-0.1, -0.05) is 68.3 Å². The van der Waals surface area contributed by atoms with Crippen LogP contribution in [0.1, 0.15) is 68.9 Å². The lowest BCUT2D eigenvalue weighted by molar-refractivity contribution is -0.138. The van der Waals surface area contributed by atoms with Gasteiger partial charge in [0.05, 0.1) is 6.42 Å². The quantitative estimate of drug-likeness (QED) is 0.478. The molecule has 2 aromatic carbocycles. The van der Waals surface area contributed by atoms with Gasteiger partial charge in [-0.3, -0.25) is 9.59 Å². The van der Waals surface area contributed by atoms with Gasteiger partial charge in [0.1, 0.15) is 6.61 Å². The first-order chi connectivity index (χ1) is 17.0. The molecule has 4 rings (SSSR count). The molecule has 0 spiro atoms. The minimum absolute atomic E-state index is 0.00256. The number of hydrogen-bond acceptors (Lipinski definition) is 4. The normalized spacial score (nSPS) is 19.8. The van der Waals surface area contributed by atoms with Crippen molar-refractivity contribution < 1.29 is 24.2 Å². The van der Waals surface area contributed by atoms with Gasteiger partial charge in [0.15, 0.2) is 0 Å². The fraction of sp³-hybridized carbons (Fsp3) is 0.464. The summed E-state index contributed by atoms with van der Waals surface area (Å²) in [5.41, 5.74) is 4.70. The predicted molar refractivity (Wildman–Crippen MR) is 133 cm³/mol. The smallest absolute Gasteiger partial charge is 0.407 e. The largest absolute Gasteiger partial charge is 0.481 e. The van der Waals surface area contributed by atoms with Gasteiger partial charge < -0.3 is 20.5 Å². The Morgan fingerprint density at radius 3 is 2.31 bits per heavy atom. The number of carboxylic acids is 1. The summed E-state index contributed by atoms with van der Waals surface area (Å²) in [4.78, 5) is 36.5. The minimum atomic E-state index is -0.915. The maximum absolute atomic E-state index is 12.8. The van der Waals surface area contributed by atoms with Crippen LogP contribution in [0, 0.1) is 5.92 Å². The van der Waals surface area contributed by atoms with Crippen LogP contribution in [0.2, 0.25) is 0 Å². The van der Waals surface area contributed by atoms with Gasteiger partial charge in [-0.25, -0.2) is 4.79 Å². The molecule has 0 aromatic heterocycles. The lowest BCUT2D eigenvalue weighted by Crippen LogP contribution is -2.45. The highest BCUT2D eigenvalue weighted by Gasteiger charge is 2.31. The summed E-state index contributed by atoms with van der Waals surface area (Å²) >= 11 is 0. The first-order valence-corrected chi connectivity index (χ1v) is 12.6. The molecule has 0 heterocycles. The van der Waals surface area contributed by atoms with Crippen LogP contribution in [-0.2, 0) is 14.3 Å². The van der Waals surface area contributed by atoms with E-state index in [0.29, 0.717) is 12.8 Å². The van der Waals surface area contributed by atoms with E-state index in [4.69, 9.17) is 9.84 Å². The molecule has 0 radical (unpaired) electrons. The van der Waals surface area contributed by atoms with Crippen molar-refractivity contribution in [3.63, 3.8) is 0 Å². The molecule has 0 saturated heterocycles. The number of rotatable bonds is 9. The second kappa shape index (κ2) is 11.4. The molecule has 3 N–H and O–H groups in total. The summed E-state index contributed by atoms with van der Waals surface area (Å²) in [5, 5.41) is 15.0. The number of fused-ring (bicyclic) bond motifs is 3. The lowest BCUT2D eigenvalue weighted by Gasteiger charge is -2.30. The number of aliphatic carboxylic acids is 1. The van der Waals surface area contributed by atoms with E-state index in [1.54, 1.807) is 0 Å². The number of benzene rings is 2. The molecule has 0 unspecified atom stereocenters. The molecule has 1 saturated carbocycles. The van der Waals surface area contributed by atoms with Crippen LogP contribution < -0.4 is 10.6 Å². The summed E-state index contributed by atoms with van der Waals surface area (Å²) in [7, 11) is 0. The molecule has 35 heavy (non-hydrogen) atoms. The van der Waals surface area contributed by atoms with Gasteiger partial charge in [0, 0.05) is 23.9 Å². The molecule has 3 atom stereocenters. The molecular formula is C28H34N2O5. The second-order valence-electron chi connectivity index (χ2n) is 9.62. The van der Waals surface area contributed by atoms with Gasteiger partial charge in [-0.05, 0) is 47.9 Å². The highest BCUT2D eigenvalue weighted by atomic mass is 16.5. The Labute approximate surface area is 206 Å². The van der Waals surface area contributed by atoms with Crippen molar-refractivity contribution >= 4 is 18.0 Å². The monoisotopic (exact) mass is 478 g/mol. The van der Waals surface area contributed by atoms with Crippen molar-refractivity contribution in [3.05, 3.63) is 59.7 Å². The standard InChI is InChI=1S/C28H34N2O5/c1-2-8-19(16-26(31)32)29-27(33)18-9-7-10-20(15-18)30-28(34)35-17-25-23-13-5-3-11-21(23)22-12-4-6-14-24(22)25/h3-6,11-14,18-20,25H,2,7-10,15-17H2,1H3,(H,29,33)(H,30,34)(H,31,32)/t18-,19+,20-/m1/s1. The van der Waals surface area contributed by atoms with Crippen molar-refractivity contribution in [2.45, 2.75) is 69.9 Å². The predicted octanol–water partition coefficient (Wildman–Crippen LogP) is 4.84. The number of carbonyl (C=O) groups is 3. The molecule has 0 aliphatic heterocycles. The number of carbonyl (C=O) groups excluding carboxylic acids is 2. The van der Waals surface area contributed by atoms with Gasteiger partial charge in [0.2, 0.25) is 5.91 Å². The molecule has 2 aliphatic rings. The maximum atomic E-state index is 12.8. The molecule has 186 valence electrons. The lowest BCUT2D eigenvalue weighted by atomic mass is 9.85. The van der Waals surface area contributed by atoms with Crippen LogP contribution in [0.5, 0.6) is 0 Å². The van der Waals surface area contributed by atoms with Crippen molar-refractivity contribution in [3.8, 4) is 11.1 Å². The van der Waals surface area contributed by atoms with E-state index in [1.807, 2.05) is 31.2 Å². The van der Waals surface area contributed by atoms with Crippen LogP contribution in [0.3, 0.4) is 0 Å². The second-order valence-corrected chi connectivity index (χ2v) is 9.62. The van der Waals surface area contributed by atoms with E-state index in [2.05, 4.69) is 34.9 Å². The molecule has 2 amide bonds. The van der Waals surface area contributed by atoms with Crippen LogP contribution in [0.15, 0.2) is 48.5 Å². The zero-order valence-electron chi connectivity index (χ0n) is 20.2. The summed E-state index contributed by atoms with van der Waals surface area (Å²) in [6, 6.07) is 15.9. The molecular weight excluding hydrogens is 444 g/mol. The van der Waals surface area contributed by atoms with Crippen LogP contribution in [-0.4, -0.2) is 41.8 Å². The van der Waals surface area contributed by atoms with Gasteiger partial charge >= 0.3 is 12.1 Å². The zero-order chi connectivity index (χ0) is 24.8. The van der Waals surface area contributed by atoms with Crippen molar-refractivity contribution in [2.24, 2.45) is 5.92 Å². The Morgan fingerprint density at radius 2 is 1.69 bits per heavy atom. The Morgan fingerprint density at radius 1 is 1.03 bits per heavy atom. The van der Waals surface area contributed by atoms with Crippen molar-refractivity contribution in [1.29, 1.82) is 0 Å². The Hall–Kier alpha value is -3.35. The Bertz CT molecular complexity index is 1020. The fourth-order valence-electron chi connectivity index (χ4n) is 5.47. The SMILES string of the molecule is CCC[C@@H](CC(=O)O)NC(=O)[C@@H]1CCC[C@@H](NC(=O)OCC2c3ccccc3-c3ccccc32)C1. The number of alkyl carbamates (subject to hydrolysis) is 1. The van der Waals surface area contributed by atoms with E-state index >= 15 is 0 Å². The number of ether oxygens (including phenoxy) is 1. The molecule has 2 aromatic rings. The van der Waals surface area contributed by atoms with Crippen LogP contribution >= 0.6 is 0 Å². The third kappa shape index (κ3) is 6.02. The topological polar surface area (TPSA) is 105 Å². The zero-order valence-corrected chi connectivity index (χ0v) is 20.2. The first-order valence-electron chi connectivity index (χ1n) is 12.6. The van der Waals surface area contributed by atoms with E-state index in [0.717, 1.165) is 25.7 Å². The highest BCUT2D eigenvalue weighted by molar-refractivity contribution is 5.80. The molecule has 1 fully saturated rings. The summed E-state index contributed by atoms with van der Waals surface area (Å²) in [6.07, 6.45) is 3.77. The average Bonchev–Trinajstić information content (AvgIpc) is 3.16. The molecule has 0 bridgehead atoms. The third-order valence-electron chi connectivity index (χ3n) is 7.12. The molecule has 7 nitrogen and oxygen atoms in total. The number of amides is 2. The van der Waals surface area contributed by atoms with E-state index in [1.165, 1.54) is 22.3 Å². The van der Waals surface area contributed by atoms with Gasteiger partial charge in [0.25, 0.3) is 0 Å². The van der Waals surface area contributed by atoms with Gasteiger partial charge in [-0.15, -0.1) is 0 Å². The van der Waals surface area contributed by atoms with Crippen LogP contribution in [0.25, 0.3) is 11.1 Å². The Kier molecular flexibility index (Phi) is 8.06. The Balaban J connectivity index is 1.30. The maximum Gasteiger partial charge on any atom is 0.407 e. The average molecular weight is 479 g/mol. The van der Waals surface area contributed by atoms with Crippen LogP contribution in [0.4, 0.5) is 4.79 Å². The highest BCUT2D eigenvalue weighted by Crippen LogP contribution is 2.44.